The van der Waals surface area contributed by atoms with Gasteiger partial charge in [0.25, 0.3) is 0 Å². The Bertz CT molecular complexity index is 344. The highest BCUT2D eigenvalue weighted by molar-refractivity contribution is 5.37. The van der Waals surface area contributed by atoms with Crippen LogP contribution in [0.25, 0.3) is 0 Å². The standard InChI is InChI=1S/C11H14N4/c12-7-10-8-14-11(9-13-10)15-5-3-1-2-4-6-15/h8-9H,1-6H2. The first-order valence-corrected chi connectivity index (χ1v) is 5.37. The Kier molecular flexibility index (Phi) is 3.13. The molecule has 1 fully saturated rings. The number of hydrogen-bond acceptors (Lipinski definition) is 4. The van der Waals surface area contributed by atoms with Crippen LogP contribution < -0.4 is 4.90 Å². The maximum atomic E-state index is 8.62. The van der Waals surface area contributed by atoms with Crippen molar-refractivity contribution in [2.75, 3.05) is 18.0 Å². The van der Waals surface area contributed by atoms with Gasteiger partial charge in [0.2, 0.25) is 0 Å². The lowest BCUT2D eigenvalue weighted by Crippen LogP contribution is -2.24. The summed E-state index contributed by atoms with van der Waals surface area (Å²) in [7, 11) is 0. The third-order valence-electron chi connectivity index (χ3n) is 2.68. The molecule has 0 spiro atoms. The summed E-state index contributed by atoms with van der Waals surface area (Å²) in [6.45, 7) is 2.11. The second-order valence-electron chi connectivity index (χ2n) is 3.77. The topological polar surface area (TPSA) is 52.8 Å². The minimum absolute atomic E-state index is 0.383. The summed E-state index contributed by atoms with van der Waals surface area (Å²) < 4.78 is 0. The van der Waals surface area contributed by atoms with E-state index in [1.165, 1.54) is 25.7 Å². The van der Waals surface area contributed by atoms with E-state index in [9.17, 15) is 0 Å². The molecule has 0 N–H and O–H groups in total. The largest absolute Gasteiger partial charge is 0.355 e. The Morgan fingerprint density at radius 3 is 2.33 bits per heavy atom. The molecule has 1 saturated heterocycles. The maximum absolute atomic E-state index is 8.62. The van der Waals surface area contributed by atoms with E-state index in [0.29, 0.717) is 5.69 Å². The molecule has 4 nitrogen and oxygen atoms in total. The molecule has 2 rings (SSSR count). The molecule has 1 aromatic heterocycles. The second-order valence-corrected chi connectivity index (χ2v) is 3.77. The first kappa shape index (κ1) is 9.91. The molecule has 4 heteroatoms. The second kappa shape index (κ2) is 4.74. The molecule has 0 unspecified atom stereocenters. The highest BCUT2D eigenvalue weighted by Gasteiger charge is 2.10. The first-order valence-electron chi connectivity index (χ1n) is 5.37. The van der Waals surface area contributed by atoms with Gasteiger partial charge in [-0.1, -0.05) is 12.8 Å². The quantitative estimate of drug-likeness (QED) is 0.696. The van der Waals surface area contributed by atoms with Gasteiger partial charge in [-0.05, 0) is 12.8 Å². The van der Waals surface area contributed by atoms with Gasteiger partial charge in [0, 0.05) is 13.1 Å². The summed E-state index contributed by atoms with van der Waals surface area (Å²) in [6.07, 6.45) is 8.30. The fourth-order valence-electron chi connectivity index (χ4n) is 1.84. The predicted octanol–water partition coefficient (Wildman–Crippen LogP) is 1.73. The highest BCUT2D eigenvalue weighted by Crippen LogP contribution is 2.15. The monoisotopic (exact) mass is 202 g/mol. The highest BCUT2D eigenvalue weighted by atomic mass is 15.2. The normalized spacial score (nSPS) is 16.9. The first-order chi connectivity index (χ1) is 7.40. The Morgan fingerprint density at radius 2 is 1.80 bits per heavy atom. The molecule has 0 amide bonds. The van der Waals surface area contributed by atoms with Crippen LogP contribution in [0.2, 0.25) is 0 Å². The van der Waals surface area contributed by atoms with Gasteiger partial charge >= 0.3 is 0 Å². The van der Waals surface area contributed by atoms with Crippen LogP contribution in [-0.2, 0) is 0 Å². The Morgan fingerprint density at radius 1 is 1.07 bits per heavy atom. The molecule has 0 atom stereocenters. The van der Waals surface area contributed by atoms with Crippen molar-refractivity contribution in [1.29, 1.82) is 5.26 Å². The van der Waals surface area contributed by atoms with E-state index in [1.54, 1.807) is 12.4 Å². The molecule has 1 aliphatic heterocycles. The number of anilines is 1. The van der Waals surface area contributed by atoms with E-state index in [4.69, 9.17) is 5.26 Å². The smallest absolute Gasteiger partial charge is 0.158 e. The van der Waals surface area contributed by atoms with Crippen molar-refractivity contribution in [1.82, 2.24) is 9.97 Å². The molecule has 0 saturated carbocycles. The van der Waals surface area contributed by atoms with Gasteiger partial charge in [0.1, 0.15) is 11.9 Å². The number of rotatable bonds is 1. The van der Waals surface area contributed by atoms with E-state index in [-0.39, 0.29) is 0 Å². The van der Waals surface area contributed by atoms with Crippen LogP contribution in [0.15, 0.2) is 12.4 Å². The lowest BCUT2D eigenvalue weighted by molar-refractivity contribution is 0.726. The zero-order valence-corrected chi connectivity index (χ0v) is 8.69. The number of nitrogens with zero attached hydrogens (tertiary/aromatic N) is 4. The van der Waals surface area contributed by atoms with E-state index in [0.717, 1.165) is 18.9 Å². The van der Waals surface area contributed by atoms with Crippen LogP contribution in [0.4, 0.5) is 5.82 Å². The SMILES string of the molecule is N#Cc1cnc(N2CCCCCC2)cn1. The summed E-state index contributed by atoms with van der Waals surface area (Å²) in [5.41, 5.74) is 0.383. The molecule has 0 aliphatic carbocycles. The Hall–Kier alpha value is -1.63. The van der Waals surface area contributed by atoms with Crippen molar-refractivity contribution in [3.8, 4) is 6.07 Å². The fraction of sp³-hybridized carbons (Fsp3) is 0.545. The average molecular weight is 202 g/mol. The summed E-state index contributed by atoms with van der Waals surface area (Å²) in [5.74, 6) is 0.899. The van der Waals surface area contributed by atoms with Crippen molar-refractivity contribution < 1.29 is 0 Å². The summed E-state index contributed by atoms with van der Waals surface area (Å²) in [5, 5.41) is 8.62. The number of nitriles is 1. The number of hydrogen-bond donors (Lipinski definition) is 0. The third kappa shape index (κ3) is 2.44. The lowest BCUT2D eigenvalue weighted by Gasteiger charge is -2.20. The van der Waals surface area contributed by atoms with Gasteiger partial charge in [-0.3, -0.25) is 0 Å². The Balaban J connectivity index is 2.10. The zero-order chi connectivity index (χ0) is 10.5. The van der Waals surface area contributed by atoms with Gasteiger partial charge in [0.15, 0.2) is 5.69 Å². The van der Waals surface area contributed by atoms with Crippen molar-refractivity contribution in [3.05, 3.63) is 18.1 Å². The fourth-order valence-corrected chi connectivity index (χ4v) is 1.84. The van der Waals surface area contributed by atoms with Gasteiger partial charge in [-0.2, -0.15) is 5.26 Å². The molecule has 0 bridgehead atoms. The molecular formula is C11H14N4. The molecule has 0 aromatic carbocycles. The molecule has 1 aromatic rings. The molecule has 0 radical (unpaired) electrons. The van der Waals surface area contributed by atoms with Gasteiger partial charge in [-0.15, -0.1) is 0 Å². The summed E-state index contributed by atoms with van der Waals surface area (Å²) in [6, 6.07) is 1.98. The van der Waals surface area contributed by atoms with E-state index in [2.05, 4.69) is 14.9 Å². The van der Waals surface area contributed by atoms with E-state index < -0.39 is 0 Å². The maximum Gasteiger partial charge on any atom is 0.158 e. The molecule has 2 heterocycles. The van der Waals surface area contributed by atoms with Crippen LogP contribution in [0.1, 0.15) is 31.4 Å². The minimum atomic E-state index is 0.383. The van der Waals surface area contributed by atoms with Crippen LogP contribution in [0.3, 0.4) is 0 Å². The van der Waals surface area contributed by atoms with Gasteiger partial charge < -0.3 is 4.90 Å². The van der Waals surface area contributed by atoms with Crippen molar-refractivity contribution in [2.24, 2.45) is 0 Å². The van der Waals surface area contributed by atoms with E-state index in [1.807, 2.05) is 6.07 Å². The summed E-state index contributed by atoms with van der Waals surface area (Å²) in [4.78, 5) is 10.5. The molecule has 15 heavy (non-hydrogen) atoms. The van der Waals surface area contributed by atoms with E-state index >= 15 is 0 Å². The zero-order valence-electron chi connectivity index (χ0n) is 8.69. The molecular weight excluding hydrogens is 188 g/mol. The minimum Gasteiger partial charge on any atom is -0.355 e. The van der Waals surface area contributed by atoms with Crippen molar-refractivity contribution in [3.63, 3.8) is 0 Å². The third-order valence-corrected chi connectivity index (χ3v) is 2.68. The summed E-state index contributed by atoms with van der Waals surface area (Å²) >= 11 is 0. The van der Waals surface area contributed by atoms with Crippen molar-refractivity contribution in [2.45, 2.75) is 25.7 Å². The van der Waals surface area contributed by atoms with Crippen molar-refractivity contribution >= 4 is 5.82 Å². The van der Waals surface area contributed by atoms with Crippen LogP contribution in [0, 0.1) is 11.3 Å². The van der Waals surface area contributed by atoms with Crippen LogP contribution in [0.5, 0.6) is 0 Å². The molecule has 1 aliphatic rings. The lowest BCUT2D eigenvalue weighted by atomic mass is 10.2. The number of aromatic nitrogens is 2. The Labute approximate surface area is 89.6 Å². The van der Waals surface area contributed by atoms with Crippen LogP contribution in [-0.4, -0.2) is 23.1 Å². The van der Waals surface area contributed by atoms with Gasteiger partial charge in [-0.25, -0.2) is 9.97 Å². The average Bonchev–Trinajstić information content (AvgIpc) is 2.58. The molecule has 78 valence electrons. The van der Waals surface area contributed by atoms with Gasteiger partial charge in [0.05, 0.1) is 12.4 Å². The van der Waals surface area contributed by atoms with Crippen LogP contribution >= 0.6 is 0 Å². The predicted molar refractivity (Wildman–Crippen MR) is 57.4 cm³/mol.